The highest BCUT2D eigenvalue weighted by Gasteiger charge is 2.73. The number of aromatic nitrogens is 1. The molecule has 0 saturated heterocycles. The quantitative estimate of drug-likeness (QED) is 0.432. The van der Waals surface area contributed by atoms with Gasteiger partial charge in [-0.25, -0.2) is 4.98 Å². The Morgan fingerprint density at radius 3 is 2.39 bits per heavy atom. The van der Waals surface area contributed by atoms with E-state index in [1.165, 1.54) is 40.2 Å². The molecule has 0 N–H and O–H groups in total. The average molecular weight is 410 g/mol. The normalized spacial score (nSPS) is 28.0. The summed E-state index contributed by atoms with van der Waals surface area (Å²) in [6, 6.07) is 20.3. The predicted octanol–water partition coefficient (Wildman–Crippen LogP) is 6.98. The molecule has 1 saturated carbocycles. The van der Waals surface area contributed by atoms with E-state index in [1.807, 2.05) is 6.20 Å². The third-order valence-electron chi connectivity index (χ3n) is 8.26. The van der Waals surface area contributed by atoms with Crippen molar-refractivity contribution < 1.29 is 0 Å². The van der Waals surface area contributed by atoms with Gasteiger partial charge in [-0.1, -0.05) is 65.0 Å². The number of benzene rings is 2. The fourth-order valence-electron chi connectivity index (χ4n) is 6.17. The van der Waals surface area contributed by atoms with Crippen LogP contribution in [0.25, 0.3) is 0 Å². The van der Waals surface area contributed by atoms with Crippen LogP contribution in [0.1, 0.15) is 57.7 Å². The fraction of sp³-hybridized carbons (Fsp3) is 0.393. The molecule has 3 unspecified atom stereocenters. The summed E-state index contributed by atoms with van der Waals surface area (Å²) < 4.78 is 0. The molecule has 3 heteroatoms. The largest absolute Gasteiger partial charge is 0.316 e. The van der Waals surface area contributed by atoms with Crippen LogP contribution in [-0.4, -0.2) is 11.1 Å². The van der Waals surface area contributed by atoms with Crippen LogP contribution in [0, 0.1) is 12.3 Å². The zero-order valence-electron chi connectivity index (χ0n) is 19.4. The summed E-state index contributed by atoms with van der Waals surface area (Å²) in [6.45, 7) is 14.1. The Labute approximate surface area is 185 Å². The van der Waals surface area contributed by atoms with Gasteiger partial charge in [0.2, 0.25) is 0 Å². The topological polar surface area (TPSA) is 19.4 Å². The monoisotopic (exact) mass is 409 g/mol. The molecule has 3 aromatic rings. The lowest BCUT2D eigenvalue weighted by Crippen LogP contribution is -2.50. The van der Waals surface area contributed by atoms with Crippen molar-refractivity contribution >= 4 is 22.9 Å². The molecule has 0 amide bonds. The van der Waals surface area contributed by atoms with E-state index in [2.05, 4.69) is 106 Å². The van der Waals surface area contributed by atoms with Crippen LogP contribution in [0.15, 0.2) is 60.8 Å². The maximum absolute atomic E-state index is 4.92. The van der Waals surface area contributed by atoms with Crippen LogP contribution >= 0.6 is 0 Å². The number of anilines is 4. The lowest BCUT2D eigenvalue weighted by atomic mass is 9.78. The molecule has 0 spiro atoms. The minimum Gasteiger partial charge on any atom is -0.316 e. The number of hydrogen-bond donors (Lipinski definition) is 0. The van der Waals surface area contributed by atoms with Gasteiger partial charge in [-0.2, -0.15) is 0 Å². The molecule has 31 heavy (non-hydrogen) atoms. The smallest absolute Gasteiger partial charge is 0.158 e. The van der Waals surface area contributed by atoms with Crippen molar-refractivity contribution in [1.29, 1.82) is 0 Å². The van der Waals surface area contributed by atoms with E-state index in [4.69, 9.17) is 4.98 Å². The van der Waals surface area contributed by atoms with Crippen LogP contribution in [0.5, 0.6) is 0 Å². The Bertz CT molecular complexity index is 1220. The zero-order chi connectivity index (χ0) is 21.8. The van der Waals surface area contributed by atoms with Crippen molar-refractivity contribution in [2.24, 2.45) is 5.41 Å². The molecule has 158 valence electrons. The minimum absolute atomic E-state index is 0.114. The highest BCUT2D eigenvalue weighted by molar-refractivity contribution is 5.90. The van der Waals surface area contributed by atoms with Crippen molar-refractivity contribution in [3.63, 3.8) is 0 Å². The second kappa shape index (κ2) is 5.70. The van der Waals surface area contributed by atoms with Gasteiger partial charge in [0.1, 0.15) is 6.17 Å². The standard InChI is InChI=1S/C28H31N3/c1-18-10-7-8-11-21(18)31-24-22(12-9-15-29-24)30-23-16-19(26(2,3)4)13-14-20(23)27(5)17-28(27,6)25(30)31/h7-16,25H,17H2,1-6H3. The molecule has 1 aromatic heterocycles. The third-order valence-corrected chi connectivity index (χ3v) is 8.26. The van der Waals surface area contributed by atoms with Crippen molar-refractivity contribution in [1.82, 2.24) is 4.98 Å². The summed E-state index contributed by atoms with van der Waals surface area (Å²) in [5, 5.41) is 0. The average Bonchev–Trinajstić information content (AvgIpc) is 3.16. The summed E-state index contributed by atoms with van der Waals surface area (Å²) in [5.41, 5.74) is 8.47. The van der Waals surface area contributed by atoms with E-state index in [0.717, 1.165) is 5.82 Å². The van der Waals surface area contributed by atoms with E-state index in [9.17, 15) is 0 Å². The van der Waals surface area contributed by atoms with Gasteiger partial charge in [-0.05, 0) is 59.7 Å². The van der Waals surface area contributed by atoms with Crippen LogP contribution in [0.2, 0.25) is 0 Å². The van der Waals surface area contributed by atoms with Crippen LogP contribution < -0.4 is 9.80 Å². The van der Waals surface area contributed by atoms with Gasteiger partial charge >= 0.3 is 0 Å². The second-order valence-electron chi connectivity index (χ2n) is 11.2. The van der Waals surface area contributed by atoms with Gasteiger partial charge in [-0.3, -0.25) is 0 Å². The van der Waals surface area contributed by atoms with Gasteiger partial charge in [0, 0.05) is 28.4 Å². The minimum atomic E-state index is 0.114. The number of rotatable bonds is 1. The second-order valence-corrected chi connectivity index (χ2v) is 11.2. The van der Waals surface area contributed by atoms with E-state index in [0.29, 0.717) is 0 Å². The first-order chi connectivity index (χ1) is 14.7. The van der Waals surface area contributed by atoms with Gasteiger partial charge in [0.25, 0.3) is 0 Å². The molecule has 0 radical (unpaired) electrons. The first kappa shape index (κ1) is 18.9. The van der Waals surface area contributed by atoms with Crippen LogP contribution in [0.3, 0.4) is 0 Å². The number of nitrogens with zero attached hydrogens (tertiary/aromatic N) is 3. The van der Waals surface area contributed by atoms with Gasteiger partial charge in [0.15, 0.2) is 5.82 Å². The molecule has 6 rings (SSSR count). The Morgan fingerprint density at radius 1 is 0.903 bits per heavy atom. The Morgan fingerprint density at radius 2 is 1.65 bits per heavy atom. The Hall–Kier alpha value is -2.81. The number of fused-ring (bicyclic) bond motifs is 8. The highest BCUT2D eigenvalue weighted by atomic mass is 15.5. The maximum Gasteiger partial charge on any atom is 0.158 e. The molecule has 1 fully saturated rings. The molecule has 2 aliphatic heterocycles. The number of pyridine rings is 1. The van der Waals surface area contributed by atoms with Gasteiger partial charge in [0.05, 0.1) is 5.69 Å². The first-order valence-corrected chi connectivity index (χ1v) is 11.4. The molecular formula is C28H31N3. The van der Waals surface area contributed by atoms with E-state index < -0.39 is 0 Å². The first-order valence-electron chi connectivity index (χ1n) is 11.4. The predicted molar refractivity (Wildman–Crippen MR) is 129 cm³/mol. The Kier molecular flexibility index (Phi) is 3.48. The summed E-state index contributed by atoms with van der Waals surface area (Å²) >= 11 is 0. The maximum atomic E-state index is 4.92. The SMILES string of the molecule is Cc1ccccc1N1c2ncccc2N2c3cc(C(C)(C)C)ccc3C3(C)CC3(C)C21. The number of para-hydroxylation sites is 1. The van der Waals surface area contributed by atoms with Crippen molar-refractivity contribution in [2.45, 2.75) is 65.0 Å². The zero-order valence-corrected chi connectivity index (χ0v) is 19.4. The summed E-state index contributed by atoms with van der Waals surface area (Å²) in [7, 11) is 0. The summed E-state index contributed by atoms with van der Waals surface area (Å²) in [6.07, 6.45) is 3.36. The van der Waals surface area contributed by atoms with E-state index in [1.54, 1.807) is 0 Å². The third kappa shape index (κ3) is 2.27. The summed E-state index contributed by atoms with van der Waals surface area (Å²) in [5.74, 6) is 1.08. The van der Waals surface area contributed by atoms with Crippen LogP contribution in [0.4, 0.5) is 22.9 Å². The molecule has 2 aromatic carbocycles. The Balaban J connectivity index is 1.65. The summed E-state index contributed by atoms with van der Waals surface area (Å²) in [4.78, 5) is 10.0. The van der Waals surface area contributed by atoms with Crippen LogP contribution in [-0.2, 0) is 10.8 Å². The number of aryl methyl sites for hydroxylation is 1. The van der Waals surface area contributed by atoms with Gasteiger partial charge in [-0.15, -0.1) is 0 Å². The molecule has 3 nitrogen and oxygen atoms in total. The fourth-order valence-corrected chi connectivity index (χ4v) is 6.17. The van der Waals surface area contributed by atoms with E-state index >= 15 is 0 Å². The molecule has 3 heterocycles. The lowest BCUT2D eigenvalue weighted by molar-refractivity contribution is 0.371. The van der Waals surface area contributed by atoms with Crippen molar-refractivity contribution in [2.75, 3.05) is 9.80 Å². The number of hydrogen-bond acceptors (Lipinski definition) is 3. The lowest BCUT2D eigenvalue weighted by Gasteiger charge is -2.45. The molecular weight excluding hydrogens is 378 g/mol. The van der Waals surface area contributed by atoms with E-state index in [-0.39, 0.29) is 22.4 Å². The molecule has 3 aliphatic rings. The molecule has 3 atom stereocenters. The van der Waals surface area contributed by atoms with Gasteiger partial charge < -0.3 is 9.80 Å². The van der Waals surface area contributed by atoms with Crippen molar-refractivity contribution in [3.05, 3.63) is 77.5 Å². The molecule has 1 aliphatic carbocycles. The molecule has 0 bridgehead atoms. The van der Waals surface area contributed by atoms with Crippen molar-refractivity contribution in [3.8, 4) is 0 Å². The highest BCUT2D eigenvalue weighted by Crippen LogP contribution is 2.75.